The second kappa shape index (κ2) is 8.63. The lowest BCUT2D eigenvalue weighted by Gasteiger charge is -2.29. The number of tetrazole rings is 1. The fraction of sp³-hybridized carbons (Fsp3) is 0.318. The zero-order valence-corrected chi connectivity index (χ0v) is 17.8. The van der Waals surface area contributed by atoms with E-state index in [1.54, 1.807) is 11.7 Å². The number of amides is 1. The maximum atomic E-state index is 13.7. The van der Waals surface area contributed by atoms with E-state index in [0.717, 1.165) is 24.7 Å². The topological polar surface area (TPSA) is 88.8 Å². The van der Waals surface area contributed by atoms with E-state index in [-0.39, 0.29) is 17.0 Å². The Hall–Kier alpha value is -3.62. The summed E-state index contributed by atoms with van der Waals surface area (Å²) in [4.78, 5) is 20.0. The average molecular weight is 421 g/mol. The Morgan fingerprint density at radius 3 is 2.68 bits per heavy atom. The summed E-state index contributed by atoms with van der Waals surface area (Å²) in [5, 5.41) is 15.4. The quantitative estimate of drug-likeness (QED) is 0.679. The van der Waals surface area contributed by atoms with Crippen molar-refractivity contribution < 1.29 is 9.18 Å². The van der Waals surface area contributed by atoms with Gasteiger partial charge in [0.25, 0.3) is 11.9 Å². The summed E-state index contributed by atoms with van der Waals surface area (Å²) in [5.41, 5.74) is 4.74. The minimum absolute atomic E-state index is 0.221. The van der Waals surface area contributed by atoms with Crippen molar-refractivity contribution in [2.24, 2.45) is 0 Å². The van der Waals surface area contributed by atoms with Crippen LogP contribution in [0.3, 0.4) is 0 Å². The van der Waals surface area contributed by atoms with Crippen molar-refractivity contribution in [3.8, 4) is 0 Å². The monoisotopic (exact) mass is 421 g/mol. The van der Waals surface area contributed by atoms with Crippen molar-refractivity contribution in [2.45, 2.75) is 33.7 Å². The number of carbonyl (C=O) groups is 1. The number of nitrogens with zero attached hydrogens (tertiary/aromatic N) is 6. The normalized spacial score (nSPS) is 14.1. The SMILES string of the molecule is CCn1nnc(N2CCC(C)=C(c3ccc(NC(=O)c4cncc(F)c4C)cc3)C2)n1. The van der Waals surface area contributed by atoms with Gasteiger partial charge in [0.15, 0.2) is 0 Å². The molecule has 0 unspecified atom stereocenters. The Morgan fingerprint density at radius 1 is 1.19 bits per heavy atom. The van der Waals surface area contributed by atoms with Crippen LogP contribution in [0, 0.1) is 12.7 Å². The lowest BCUT2D eigenvalue weighted by atomic mass is 9.95. The third-order valence-corrected chi connectivity index (χ3v) is 5.52. The highest BCUT2D eigenvalue weighted by molar-refractivity contribution is 6.05. The van der Waals surface area contributed by atoms with E-state index >= 15 is 0 Å². The number of hydrogen-bond acceptors (Lipinski definition) is 6. The van der Waals surface area contributed by atoms with Gasteiger partial charge in [-0.25, -0.2) is 4.39 Å². The summed E-state index contributed by atoms with van der Waals surface area (Å²) in [7, 11) is 0. The first-order valence-electron chi connectivity index (χ1n) is 10.2. The van der Waals surface area contributed by atoms with E-state index in [4.69, 9.17) is 0 Å². The largest absolute Gasteiger partial charge is 0.334 e. The number of nitrogens with one attached hydrogen (secondary N) is 1. The lowest BCUT2D eigenvalue weighted by molar-refractivity contribution is 0.102. The molecule has 0 radical (unpaired) electrons. The van der Waals surface area contributed by atoms with Crippen LogP contribution in [0.2, 0.25) is 0 Å². The van der Waals surface area contributed by atoms with Crippen LogP contribution in [-0.4, -0.2) is 44.2 Å². The Balaban J connectivity index is 1.49. The molecule has 31 heavy (non-hydrogen) atoms. The van der Waals surface area contributed by atoms with Gasteiger partial charge in [-0.15, -0.1) is 5.10 Å². The number of aryl methyl sites for hydroxylation is 1. The van der Waals surface area contributed by atoms with Crippen LogP contribution in [0.25, 0.3) is 5.57 Å². The van der Waals surface area contributed by atoms with Gasteiger partial charge in [0.1, 0.15) is 5.82 Å². The van der Waals surface area contributed by atoms with Crippen LogP contribution in [0.1, 0.15) is 41.8 Å². The van der Waals surface area contributed by atoms with Gasteiger partial charge in [-0.2, -0.15) is 4.80 Å². The highest BCUT2D eigenvalue weighted by Gasteiger charge is 2.21. The van der Waals surface area contributed by atoms with Crippen molar-refractivity contribution in [2.75, 3.05) is 23.3 Å². The third-order valence-electron chi connectivity index (χ3n) is 5.52. The van der Waals surface area contributed by atoms with Gasteiger partial charge in [-0.3, -0.25) is 9.78 Å². The highest BCUT2D eigenvalue weighted by Crippen LogP contribution is 2.29. The second-order valence-corrected chi connectivity index (χ2v) is 7.53. The average Bonchev–Trinajstić information content (AvgIpc) is 3.26. The molecule has 0 saturated heterocycles. The molecule has 0 spiro atoms. The molecule has 0 fully saturated rings. The predicted octanol–water partition coefficient (Wildman–Crippen LogP) is 3.47. The van der Waals surface area contributed by atoms with Gasteiger partial charge in [0.2, 0.25) is 0 Å². The molecule has 0 atom stereocenters. The molecule has 9 heteroatoms. The number of carbonyl (C=O) groups excluding carboxylic acids is 1. The van der Waals surface area contributed by atoms with Gasteiger partial charge < -0.3 is 10.2 Å². The molecule has 160 valence electrons. The Morgan fingerprint density at radius 2 is 1.97 bits per heavy atom. The molecule has 0 bridgehead atoms. The minimum Gasteiger partial charge on any atom is -0.334 e. The summed E-state index contributed by atoms with van der Waals surface area (Å²) in [6.07, 6.45) is 3.39. The zero-order valence-electron chi connectivity index (χ0n) is 17.8. The first-order chi connectivity index (χ1) is 15.0. The Labute approximate surface area is 179 Å². The van der Waals surface area contributed by atoms with Crippen molar-refractivity contribution in [3.05, 3.63) is 64.7 Å². The standard InChI is InChI=1S/C22H24FN7O/c1-4-30-27-22(26-28-30)29-10-9-14(2)19(13-29)16-5-7-17(8-6-16)25-21(31)18-11-24-12-20(23)15(18)3/h5-8,11-12H,4,9-10,13H2,1-3H3,(H,25,31). The number of hydrogen-bond donors (Lipinski definition) is 1. The van der Waals surface area contributed by atoms with Gasteiger partial charge >= 0.3 is 0 Å². The first-order valence-corrected chi connectivity index (χ1v) is 10.2. The van der Waals surface area contributed by atoms with E-state index in [1.165, 1.54) is 17.3 Å². The van der Waals surface area contributed by atoms with Gasteiger partial charge in [0.05, 0.1) is 18.3 Å². The molecule has 1 aromatic carbocycles. The maximum absolute atomic E-state index is 13.7. The van der Waals surface area contributed by atoms with Crippen LogP contribution in [0.15, 0.2) is 42.2 Å². The molecule has 3 heterocycles. The van der Waals surface area contributed by atoms with Crippen molar-refractivity contribution in [3.63, 3.8) is 0 Å². The third kappa shape index (κ3) is 4.30. The predicted molar refractivity (Wildman–Crippen MR) is 116 cm³/mol. The molecule has 8 nitrogen and oxygen atoms in total. The fourth-order valence-electron chi connectivity index (χ4n) is 3.54. The summed E-state index contributed by atoms with van der Waals surface area (Å²) < 4.78 is 13.7. The summed E-state index contributed by atoms with van der Waals surface area (Å²) in [6, 6.07) is 7.65. The smallest absolute Gasteiger partial charge is 0.266 e. The molecule has 1 aliphatic heterocycles. The van der Waals surface area contributed by atoms with Crippen LogP contribution < -0.4 is 10.2 Å². The zero-order chi connectivity index (χ0) is 22.0. The molecule has 0 aliphatic carbocycles. The maximum Gasteiger partial charge on any atom is 0.266 e. The van der Waals surface area contributed by atoms with Crippen LogP contribution >= 0.6 is 0 Å². The minimum atomic E-state index is -0.499. The van der Waals surface area contributed by atoms with E-state index in [0.29, 0.717) is 24.7 Å². The van der Waals surface area contributed by atoms with E-state index in [9.17, 15) is 9.18 Å². The molecular formula is C22H24FN7O. The van der Waals surface area contributed by atoms with Crippen molar-refractivity contribution in [1.29, 1.82) is 0 Å². The van der Waals surface area contributed by atoms with Crippen LogP contribution in [-0.2, 0) is 6.54 Å². The molecule has 1 N–H and O–H groups in total. The molecular weight excluding hydrogens is 397 g/mol. The Kier molecular flexibility index (Phi) is 5.75. The summed E-state index contributed by atoms with van der Waals surface area (Å²) >= 11 is 0. The van der Waals surface area contributed by atoms with Crippen molar-refractivity contribution in [1.82, 2.24) is 25.2 Å². The van der Waals surface area contributed by atoms with Crippen LogP contribution in [0.4, 0.5) is 16.0 Å². The van der Waals surface area contributed by atoms with E-state index in [1.807, 2.05) is 31.2 Å². The van der Waals surface area contributed by atoms with E-state index < -0.39 is 5.82 Å². The highest BCUT2D eigenvalue weighted by atomic mass is 19.1. The Bertz CT molecular complexity index is 1140. The lowest BCUT2D eigenvalue weighted by Crippen LogP contribution is -2.31. The molecule has 2 aromatic heterocycles. The number of anilines is 2. The number of pyridine rings is 1. The summed E-state index contributed by atoms with van der Waals surface area (Å²) in [5.74, 6) is -0.253. The molecule has 3 aromatic rings. The summed E-state index contributed by atoms with van der Waals surface area (Å²) in [6.45, 7) is 7.90. The molecule has 0 saturated carbocycles. The first kappa shape index (κ1) is 20.6. The fourth-order valence-corrected chi connectivity index (χ4v) is 3.54. The molecule has 1 amide bonds. The van der Waals surface area contributed by atoms with Crippen molar-refractivity contribution >= 4 is 23.1 Å². The number of rotatable bonds is 5. The molecule has 4 rings (SSSR count). The second-order valence-electron chi connectivity index (χ2n) is 7.53. The van der Waals surface area contributed by atoms with Gasteiger partial charge in [0, 0.05) is 30.5 Å². The van der Waals surface area contributed by atoms with E-state index in [2.05, 4.69) is 37.5 Å². The number of aromatic nitrogens is 5. The molecule has 1 aliphatic rings. The van der Waals surface area contributed by atoms with Crippen LogP contribution in [0.5, 0.6) is 0 Å². The number of benzene rings is 1. The van der Waals surface area contributed by atoms with Gasteiger partial charge in [-0.1, -0.05) is 22.8 Å². The van der Waals surface area contributed by atoms with Gasteiger partial charge in [-0.05, 0) is 55.7 Å². The number of halogens is 1.